The Bertz CT molecular complexity index is 1190. The van der Waals surface area contributed by atoms with Gasteiger partial charge in [-0.3, -0.25) is 4.79 Å². The van der Waals surface area contributed by atoms with Gasteiger partial charge in [-0.2, -0.15) is 0 Å². The minimum Gasteiger partial charge on any atom is -0.494 e. The predicted molar refractivity (Wildman–Crippen MR) is 117 cm³/mol. The third-order valence-corrected chi connectivity index (χ3v) is 4.92. The van der Waals surface area contributed by atoms with E-state index < -0.39 is 0 Å². The molecule has 0 atom stereocenters. The van der Waals surface area contributed by atoms with Crippen molar-refractivity contribution in [2.45, 2.75) is 6.92 Å². The van der Waals surface area contributed by atoms with E-state index in [4.69, 9.17) is 4.99 Å². The molecule has 4 aromatic rings. The molecule has 0 radical (unpaired) electrons. The number of hydrogen-bond acceptors (Lipinski definition) is 3. The highest BCUT2D eigenvalue weighted by atomic mass is 16.3. The topological polar surface area (TPSA) is 68.7 Å². The normalized spacial score (nSPS) is 11.6. The maximum absolute atomic E-state index is 11.6. The van der Waals surface area contributed by atoms with Gasteiger partial charge in [0.15, 0.2) is 5.88 Å². The van der Waals surface area contributed by atoms with E-state index in [1.54, 1.807) is 11.9 Å². The molecule has 0 spiro atoms. The van der Waals surface area contributed by atoms with E-state index in [2.05, 4.69) is 4.98 Å². The monoisotopic (exact) mass is 383 g/mol. The Balaban J connectivity index is 1.86. The summed E-state index contributed by atoms with van der Waals surface area (Å²) in [5.41, 5.74) is 4.62. The summed E-state index contributed by atoms with van der Waals surface area (Å²) in [7, 11) is 1.74. The van der Waals surface area contributed by atoms with Gasteiger partial charge in [0.1, 0.15) is 0 Å². The Morgan fingerprint density at radius 2 is 1.59 bits per heavy atom. The van der Waals surface area contributed by atoms with Crippen LogP contribution in [0.3, 0.4) is 0 Å². The molecule has 0 unspecified atom stereocenters. The SMILES string of the molecule is CC(=O)N(C)c1ccc(N=C(c2ccccc2)c2c(O)[nH]c3ccccc23)cc1. The third kappa shape index (κ3) is 3.62. The molecular weight excluding hydrogens is 362 g/mol. The second kappa shape index (κ2) is 7.64. The molecule has 29 heavy (non-hydrogen) atoms. The van der Waals surface area contributed by atoms with Crippen LogP contribution < -0.4 is 4.90 Å². The minimum atomic E-state index is -0.0325. The number of benzene rings is 3. The molecule has 1 aromatic heterocycles. The number of nitrogens with one attached hydrogen (secondary N) is 1. The molecule has 0 bridgehead atoms. The van der Waals surface area contributed by atoms with Crippen molar-refractivity contribution in [3.63, 3.8) is 0 Å². The van der Waals surface area contributed by atoms with Crippen LogP contribution in [-0.4, -0.2) is 28.8 Å². The lowest BCUT2D eigenvalue weighted by atomic mass is 10.0. The first kappa shape index (κ1) is 18.5. The van der Waals surface area contributed by atoms with Gasteiger partial charge >= 0.3 is 0 Å². The number of hydrogen-bond donors (Lipinski definition) is 2. The van der Waals surface area contributed by atoms with E-state index in [1.165, 1.54) is 6.92 Å². The quantitative estimate of drug-likeness (QED) is 0.486. The Labute approximate surface area is 169 Å². The number of H-pyrrole nitrogens is 1. The number of carbonyl (C=O) groups excluding carboxylic acids is 1. The highest BCUT2D eigenvalue weighted by Gasteiger charge is 2.18. The van der Waals surface area contributed by atoms with E-state index >= 15 is 0 Å². The van der Waals surface area contributed by atoms with Crippen LogP contribution in [0.25, 0.3) is 10.9 Å². The minimum absolute atomic E-state index is 0.0325. The lowest BCUT2D eigenvalue weighted by molar-refractivity contribution is -0.116. The molecule has 0 saturated heterocycles. The summed E-state index contributed by atoms with van der Waals surface area (Å²) in [5, 5.41) is 11.5. The number of carbonyl (C=O) groups is 1. The van der Waals surface area contributed by atoms with Gasteiger partial charge in [0.25, 0.3) is 0 Å². The summed E-state index contributed by atoms with van der Waals surface area (Å²) in [5.74, 6) is 0.0525. The van der Waals surface area contributed by atoms with Gasteiger partial charge in [0.05, 0.1) is 17.0 Å². The van der Waals surface area contributed by atoms with Crippen LogP contribution in [0.15, 0.2) is 83.9 Å². The number of rotatable bonds is 4. The van der Waals surface area contributed by atoms with Gasteiger partial charge < -0.3 is 15.0 Å². The number of nitrogens with zero attached hydrogens (tertiary/aromatic N) is 2. The first-order valence-corrected chi connectivity index (χ1v) is 9.33. The van der Waals surface area contributed by atoms with Crippen LogP contribution >= 0.6 is 0 Å². The summed E-state index contributed by atoms with van der Waals surface area (Å²) in [4.78, 5) is 21.0. The van der Waals surface area contributed by atoms with Crippen molar-refractivity contribution in [3.05, 3.63) is 90.0 Å². The molecule has 5 nitrogen and oxygen atoms in total. The van der Waals surface area contributed by atoms with E-state index in [-0.39, 0.29) is 11.8 Å². The average Bonchev–Trinajstić information content (AvgIpc) is 3.08. The molecule has 4 rings (SSSR count). The van der Waals surface area contributed by atoms with Gasteiger partial charge in [0.2, 0.25) is 5.91 Å². The number of amides is 1. The lowest BCUT2D eigenvalue weighted by Crippen LogP contribution is -2.22. The molecule has 0 aliphatic heterocycles. The van der Waals surface area contributed by atoms with Crippen LogP contribution in [0.5, 0.6) is 5.88 Å². The van der Waals surface area contributed by atoms with E-state index in [1.807, 2.05) is 78.9 Å². The molecule has 3 aromatic carbocycles. The van der Waals surface area contributed by atoms with Crippen LogP contribution in [0.1, 0.15) is 18.1 Å². The standard InChI is InChI=1S/C24H21N3O2/c1-16(28)27(2)19-14-12-18(13-15-19)25-23(17-8-4-3-5-9-17)22-20-10-6-7-11-21(20)26-24(22)29/h3-15,26,29H,1-2H3. The Kier molecular flexibility index (Phi) is 4.87. The molecule has 1 amide bonds. The molecular formula is C24H21N3O2. The molecule has 2 N–H and O–H groups in total. The van der Waals surface area contributed by atoms with Gasteiger partial charge in [0, 0.05) is 36.1 Å². The number of aromatic amines is 1. The van der Waals surface area contributed by atoms with Gasteiger partial charge in [-0.25, -0.2) is 4.99 Å². The summed E-state index contributed by atoms with van der Waals surface area (Å²) >= 11 is 0. The van der Waals surface area contributed by atoms with Crippen LogP contribution in [0.4, 0.5) is 11.4 Å². The zero-order valence-electron chi connectivity index (χ0n) is 16.3. The van der Waals surface area contributed by atoms with Crippen LogP contribution in [0, 0.1) is 0 Å². The zero-order chi connectivity index (χ0) is 20.4. The molecule has 0 saturated carbocycles. The first-order chi connectivity index (χ1) is 14.0. The number of aromatic nitrogens is 1. The lowest BCUT2D eigenvalue weighted by Gasteiger charge is -2.15. The predicted octanol–water partition coefficient (Wildman–Crippen LogP) is 5.03. The fraction of sp³-hybridized carbons (Fsp3) is 0.0833. The summed E-state index contributed by atoms with van der Waals surface area (Å²) in [6, 6.07) is 25.0. The van der Waals surface area contributed by atoms with Crippen LogP contribution in [0.2, 0.25) is 0 Å². The number of aromatic hydroxyl groups is 1. The Hall–Kier alpha value is -3.86. The molecule has 1 heterocycles. The highest BCUT2D eigenvalue weighted by molar-refractivity contribution is 6.21. The Morgan fingerprint density at radius 1 is 0.931 bits per heavy atom. The first-order valence-electron chi connectivity index (χ1n) is 9.33. The molecule has 0 fully saturated rings. The van der Waals surface area contributed by atoms with E-state index in [0.717, 1.165) is 27.8 Å². The number of anilines is 1. The second-order valence-electron chi connectivity index (χ2n) is 6.82. The summed E-state index contributed by atoms with van der Waals surface area (Å²) < 4.78 is 0. The maximum atomic E-state index is 11.6. The summed E-state index contributed by atoms with van der Waals surface area (Å²) in [6.07, 6.45) is 0. The van der Waals surface area contributed by atoms with Crippen molar-refractivity contribution in [2.24, 2.45) is 4.99 Å². The number of para-hydroxylation sites is 1. The van der Waals surface area contributed by atoms with E-state index in [9.17, 15) is 9.90 Å². The van der Waals surface area contributed by atoms with Crippen LogP contribution in [-0.2, 0) is 4.79 Å². The van der Waals surface area contributed by atoms with Crippen molar-refractivity contribution < 1.29 is 9.90 Å². The molecule has 144 valence electrons. The summed E-state index contributed by atoms with van der Waals surface area (Å²) in [6.45, 7) is 1.53. The zero-order valence-corrected chi connectivity index (χ0v) is 16.3. The van der Waals surface area contributed by atoms with Gasteiger partial charge in [-0.15, -0.1) is 0 Å². The highest BCUT2D eigenvalue weighted by Crippen LogP contribution is 2.31. The number of aliphatic imine (C=N–C) groups is 1. The largest absolute Gasteiger partial charge is 0.494 e. The van der Waals surface area contributed by atoms with Gasteiger partial charge in [-0.05, 0) is 30.3 Å². The molecule has 0 aliphatic carbocycles. The smallest absolute Gasteiger partial charge is 0.223 e. The maximum Gasteiger partial charge on any atom is 0.223 e. The second-order valence-corrected chi connectivity index (χ2v) is 6.82. The van der Waals surface area contributed by atoms with E-state index in [0.29, 0.717) is 11.3 Å². The van der Waals surface area contributed by atoms with Crippen molar-refractivity contribution in [1.29, 1.82) is 0 Å². The van der Waals surface area contributed by atoms with Gasteiger partial charge in [-0.1, -0.05) is 48.5 Å². The fourth-order valence-corrected chi connectivity index (χ4v) is 3.29. The average molecular weight is 383 g/mol. The van der Waals surface area contributed by atoms with Crippen molar-refractivity contribution >= 4 is 33.9 Å². The molecule has 0 aliphatic rings. The van der Waals surface area contributed by atoms with Crippen molar-refractivity contribution in [3.8, 4) is 5.88 Å². The van der Waals surface area contributed by atoms with Crippen molar-refractivity contribution in [2.75, 3.05) is 11.9 Å². The third-order valence-electron chi connectivity index (χ3n) is 4.92. The van der Waals surface area contributed by atoms with Crippen molar-refractivity contribution in [1.82, 2.24) is 4.98 Å². The number of fused-ring (bicyclic) bond motifs is 1. The fourth-order valence-electron chi connectivity index (χ4n) is 3.29. The Morgan fingerprint density at radius 3 is 2.28 bits per heavy atom. The molecule has 5 heteroatoms.